The zero-order valence-electron chi connectivity index (χ0n) is 13.1. The molecule has 1 fully saturated rings. The molecule has 0 unspecified atom stereocenters. The van der Waals surface area contributed by atoms with Gasteiger partial charge in [0, 0.05) is 18.7 Å². The molecule has 130 valence electrons. The number of amides is 3. The summed E-state index contributed by atoms with van der Waals surface area (Å²) in [6.45, 7) is 1.10. The van der Waals surface area contributed by atoms with Gasteiger partial charge in [-0.3, -0.25) is 14.9 Å². The first kappa shape index (κ1) is 17.5. The van der Waals surface area contributed by atoms with E-state index in [1.165, 1.54) is 24.3 Å². The van der Waals surface area contributed by atoms with Gasteiger partial charge in [0.1, 0.15) is 18.4 Å². The number of nitro benzene ring substituents is 1. The van der Waals surface area contributed by atoms with E-state index in [9.17, 15) is 19.7 Å². The molecule has 1 atom stereocenters. The molecule has 3 amide bonds. The number of benzene rings is 1. The summed E-state index contributed by atoms with van der Waals surface area (Å²) in [5.74, 6) is 0.315. The van der Waals surface area contributed by atoms with Crippen LogP contribution in [0.1, 0.15) is 19.3 Å². The highest BCUT2D eigenvalue weighted by atomic mass is 16.6. The van der Waals surface area contributed by atoms with Crippen LogP contribution < -0.4 is 20.7 Å². The molecular weight excluding hydrogens is 316 g/mol. The number of hydrogen-bond acceptors (Lipinski definition) is 5. The number of urea groups is 1. The smallest absolute Gasteiger partial charge is 0.315 e. The lowest BCUT2D eigenvalue weighted by Crippen LogP contribution is -2.49. The maximum Gasteiger partial charge on any atom is 0.315 e. The Hall–Kier alpha value is -2.84. The Morgan fingerprint density at radius 2 is 2.08 bits per heavy atom. The lowest BCUT2D eigenvalue weighted by Gasteiger charge is -2.15. The highest BCUT2D eigenvalue weighted by Crippen LogP contribution is 2.16. The topological polar surface area (TPSA) is 123 Å². The number of rotatable bonds is 6. The van der Waals surface area contributed by atoms with E-state index in [0.29, 0.717) is 18.7 Å². The summed E-state index contributed by atoms with van der Waals surface area (Å²) in [4.78, 5) is 33.5. The summed E-state index contributed by atoms with van der Waals surface area (Å²) in [6.07, 6.45) is 2.42. The highest BCUT2D eigenvalue weighted by Gasteiger charge is 2.21. The SMILES string of the molecule is O=C(NCCOc1ccc([N+](=O)[O-])cc1)N[C@@H]1CCCCNC1=O. The van der Waals surface area contributed by atoms with Crippen molar-refractivity contribution in [2.75, 3.05) is 19.7 Å². The van der Waals surface area contributed by atoms with Crippen LogP contribution in [-0.4, -0.2) is 42.6 Å². The Labute approximate surface area is 138 Å². The van der Waals surface area contributed by atoms with Gasteiger partial charge >= 0.3 is 6.03 Å². The van der Waals surface area contributed by atoms with Crippen molar-refractivity contribution in [2.24, 2.45) is 0 Å². The van der Waals surface area contributed by atoms with Crippen molar-refractivity contribution in [1.29, 1.82) is 0 Å². The largest absolute Gasteiger partial charge is 0.492 e. The van der Waals surface area contributed by atoms with Gasteiger partial charge in [0.05, 0.1) is 11.5 Å². The molecule has 24 heavy (non-hydrogen) atoms. The Morgan fingerprint density at radius 3 is 2.79 bits per heavy atom. The molecule has 9 nitrogen and oxygen atoms in total. The maximum absolute atomic E-state index is 11.8. The van der Waals surface area contributed by atoms with Gasteiger partial charge in [-0.2, -0.15) is 0 Å². The minimum atomic E-state index is -0.511. The number of nitro groups is 1. The lowest BCUT2D eigenvalue weighted by atomic mass is 10.1. The molecular formula is C15H20N4O5. The Balaban J connectivity index is 1.67. The molecule has 2 rings (SSSR count). The minimum absolute atomic E-state index is 0.0125. The molecule has 1 saturated heterocycles. The Bertz CT molecular complexity index is 590. The van der Waals surface area contributed by atoms with Crippen LogP contribution in [0, 0.1) is 10.1 Å². The van der Waals surface area contributed by atoms with E-state index in [4.69, 9.17) is 4.74 Å². The van der Waals surface area contributed by atoms with Crippen LogP contribution in [0.25, 0.3) is 0 Å². The lowest BCUT2D eigenvalue weighted by molar-refractivity contribution is -0.384. The molecule has 1 aliphatic heterocycles. The van der Waals surface area contributed by atoms with E-state index in [-0.39, 0.29) is 24.7 Å². The second-order valence-corrected chi connectivity index (χ2v) is 5.34. The molecule has 9 heteroatoms. The maximum atomic E-state index is 11.8. The first-order chi connectivity index (χ1) is 11.6. The van der Waals surface area contributed by atoms with Crippen LogP contribution in [-0.2, 0) is 4.79 Å². The van der Waals surface area contributed by atoms with Gasteiger partial charge in [0.15, 0.2) is 0 Å². The van der Waals surface area contributed by atoms with Gasteiger partial charge in [-0.15, -0.1) is 0 Å². The van der Waals surface area contributed by atoms with Crippen molar-refractivity contribution in [3.63, 3.8) is 0 Å². The zero-order valence-corrected chi connectivity index (χ0v) is 13.1. The first-order valence-corrected chi connectivity index (χ1v) is 7.75. The summed E-state index contributed by atoms with van der Waals surface area (Å²) < 4.78 is 5.38. The second-order valence-electron chi connectivity index (χ2n) is 5.34. The van der Waals surface area contributed by atoms with Crippen LogP contribution in [0.4, 0.5) is 10.5 Å². The second kappa shape index (κ2) is 8.70. The number of nitrogens with zero attached hydrogens (tertiary/aromatic N) is 1. The summed E-state index contributed by atoms with van der Waals surface area (Å²) >= 11 is 0. The van der Waals surface area contributed by atoms with E-state index in [0.717, 1.165) is 12.8 Å². The molecule has 0 radical (unpaired) electrons. The first-order valence-electron chi connectivity index (χ1n) is 7.75. The van der Waals surface area contributed by atoms with E-state index >= 15 is 0 Å². The van der Waals surface area contributed by atoms with Crippen molar-refractivity contribution in [3.05, 3.63) is 34.4 Å². The van der Waals surface area contributed by atoms with E-state index < -0.39 is 17.0 Å². The zero-order chi connectivity index (χ0) is 17.4. The van der Waals surface area contributed by atoms with Crippen molar-refractivity contribution in [1.82, 2.24) is 16.0 Å². The molecule has 0 saturated carbocycles. The normalized spacial score (nSPS) is 17.3. The van der Waals surface area contributed by atoms with E-state index in [1.807, 2.05) is 0 Å². The van der Waals surface area contributed by atoms with E-state index in [2.05, 4.69) is 16.0 Å². The van der Waals surface area contributed by atoms with Gasteiger partial charge < -0.3 is 20.7 Å². The third kappa shape index (κ3) is 5.41. The number of ether oxygens (including phenoxy) is 1. The van der Waals surface area contributed by atoms with Gasteiger partial charge in [0.2, 0.25) is 5.91 Å². The molecule has 0 aromatic heterocycles. The number of non-ortho nitro benzene ring substituents is 1. The minimum Gasteiger partial charge on any atom is -0.492 e. The Morgan fingerprint density at radius 1 is 1.33 bits per heavy atom. The molecule has 0 spiro atoms. The molecule has 1 aromatic carbocycles. The number of nitrogens with one attached hydrogen (secondary N) is 3. The third-order valence-corrected chi connectivity index (χ3v) is 3.54. The molecule has 1 aliphatic rings. The average Bonchev–Trinajstić information content (AvgIpc) is 2.77. The summed E-state index contributed by atoms with van der Waals surface area (Å²) in [7, 11) is 0. The predicted octanol–water partition coefficient (Wildman–Crippen LogP) is 0.941. The highest BCUT2D eigenvalue weighted by molar-refractivity contribution is 5.87. The standard InChI is InChI=1S/C15H20N4O5/c20-14-13(3-1-2-8-16-14)18-15(21)17-9-10-24-12-6-4-11(5-7-12)19(22)23/h4-7,13H,1-3,8-10H2,(H,16,20)(H2,17,18,21)/t13-/m1/s1. The Kier molecular flexibility index (Phi) is 6.35. The quantitative estimate of drug-likeness (QED) is 0.405. The molecule has 0 aliphatic carbocycles. The summed E-state index contributed by atoms with van der Waals surface area (Å²) in [6, 6.07) is 4.75. The van der Waals surface area contributed by atoms with Crippen LogP contribution in [0.2, 0.25) is 0 Å². The molecule has 0 bridgehead atoms. The van der Waals surface area contributed by atoms with Crippen LogP contribution in [0.5, 0.6) is 5.75 Å². The number of carbonyl (C=O) groups excluding carboxylic acids is 2. The predicted molar refractivity (Wildman–Crippen MR) is 85.8 cm³/mol. The summed E-state index contributed by atoms with van der Waals surface area (Å²) in [5.41, 5.74) is -0.0125. The van der Waals surface area contributed by atoms with Crippen LogP contribution in [0.3, 0.4) is 0 Å². The van der Waals surface area contributed by atoms with Gasteiger partial charge in [-0.25, -0.2) is 4.79 Å². The molecule has 3 N–H and O–H groups in total. The van der Waals surface area contributed by atoms with Crippen molar-refractivity contribution < 1.29 is 19.2 Å². The van der Waals surface area contributed by atoms with Gasteiger partial charge in [-0.05, 0) is 31.4 Å². The third-order valence-electron chi connectivity index (χ3n) is 3.54. The molecule has 1 aromatic rings. The van der Waals surface area contributed by atoms with Crippen molar-refractivity contribution in [3.8, 4) is 5.75 Å². The van der Waals surface area contributed by atoms with Crippen LogP contribution in [0.15, 0.2) is 24.3 Å². The fourth-order valence-electron chi connectivity index (χ4n) is 2.28. The fraction of sp³-hybridized carbons (Fsp3) is 0.467. The van der Waals surface area contributed by atoms with Crippen molar-refractivity contribution >= 4 is 17.6 Å². The molecule has 1 heterocycles. The number of hydrogen-bond donors (Lipinski definition) is 3. The van der Waals surface area contributed by atoms with Crippen molar-refractivity contribution in [2.45, 2.75) is 25.3 Å². The number of carbonyl (C=O) groups is 2. The monoisotopic (exact) mass is 336 g/mol. The van der Waals surface area contributed by atoms with E-state index in [1.54, 1.807) is 0 Å². The summed E-state index contributed by atoms with van der Waals surface area (Å²) in [5, 5.41) is 18.5. The fourth-order valence-corrected chi connectivity index (χ4v) is 2.28. The average molecular weight is 336 g/mol. The van der Waals surface area contributed by atoms with Crippen LogP contribution >= 0.6 is 0 Å². The van der Waals surface area contributed by atoms with Gasteiger partial charge in [-0.1, -0.05) is 0 Å². The van der Waals surface area contributed by atoms with Gasteiger partial charge in [0.25, 0.3) is 5.69 Å².